The van der Waals surface area contributed by atoms with Crippen molar-refractivity contribution in [3.8, 4) is 0 Å². The van der Waals surface area contributed by atoms with Crippen molar-refractivity contribution in [3.63, 3.8) is 0 Å². The first kappa shape index (κ1) is 11.8. The Morgan fingerprint density at radius 3 is 2.56 bits per heavy atom. The first-order valence-electron chi connectivity index (χ1n) is 7.00. The molecule has 4 nitrogen and oxygen atoms in total. The molecule has 3 rings (SSSR count). The van der Waals surface area contributed by atoms with Crippen molar-refractivity contribution in [2.75, 3.05) is 23.7 Å². The number of aromatic nitrogens is 2. The molecular weight excluding hydrogens is 224 g/mol. The van der Waals surface area contributed by atoms with Crippen LogP contribution in [0.2, 0.25) is 0 Å². The molecule has 0 aromatic carbocycles. The van der Waals surface area contributed by atoms with Gasteiger partial charge in [-0.2, -0.15) is 4.98 Å². The van der Waals surface area contributed by atoms with Gasteiger partial charge in [-0.1, -0.05) is 13.8 Å². The number of rotatable bonds is 1. The summed E-state index contributed by atoms with van der Waals surface area (Å²) in [7, 11) is 0. The lowest BCUT2D eigenvalue weighted by Gasteiger charge is -2.33. The summed E-state index contributed by atoms with van der Waals surface area (Å²) in [4.78, 5) is 11.6. The number of nitrogen functional groups attached to an aromatic ring is 1. The van der Waals surface area contributed by atoms with E-state index in [4.69, 9.17) is 10.7 Å². The fraction of sp³-hybridized carbons (Fsp3) is 0.714. The Hall–Kier alpha value is -1.32. The van der Waals surface area contributed by atoms with Crippen molar-refractivity contribution < 1.29 is 0 Å². The highest BCUT2D eigenvalue weighted by Crippen LogP contribution is 2.39. The molecule has 0 amide bonds. The molecule has 1 aliphatic carbocycles. The molecule has 1 fully saturated rings. The summed E-state index contributed by atoms with van der Waals surface area (Å²) in [6.45, 7) is 6.64. The summed E-state index contributed by atoms with van der Waals surface area (Å²) in [5.41, 5.74) is 8.71. The topological polar surface area (TPSA) is 55.0 Å². The second-order valence-corrected chi connectivity index (χ2v) is 6.16. The van der Waals surface area contributed by atoms with Gasteiger partial charge in [-0.15, -0.1) is 0 Å². The summed E-state index contributed by atoms with van der Waals surface area (Å²) in [6, 6.07) is 0. The Morgan fingerprint density at radius 1 is 1.11 bits per heavy atom. The summed E-state index contributed by atoms with van der Waals surface area (Å²) in [6.07, 6.45) is 5.91. The van der Waals surface area contributed by atoms with Gasteiger partial charge < -0.3 is 10.6 Å². The maximum absolute atomic E-state index is 6.21. The number of hydrogen-bond acceptors (Lipinski definition) is 4. The second kappa shape index (κ2) is 4.11. The van der Waals surface area contributed by atoms with Gasteiger partial charge in [0.25, 0.3) is 0 Å². The average molecular weight is 246 g/mol. The van der Waals surface area contributed by atoms with E-state index in [2.05, 4.69) is 23.7 Å². The fourth-order valence-corrected chi connectivity index (χ4v) is 3.31. The zero-order valence-electron chi connectivity index (χ0n) is 11.4. The molecule has 1 aromatic rings. The van der Waals surface area contributed by atoms with E-state index >= 15 is 0 Å². The van der Waals surface area contributed by atoms with Gasteiger partial charge >= 0.3 is 0 Å². The predicted molar refractivity (Wildman–Crippen MR) is 73.9 cm³/mol. The molecule has 98 valence electrons. The maximum Gasteiger partial charge on any atom is 0.227 e. The normalized spacial score (nSPS) is 22.0. The van der Waals surface area contributed by atoms with Crippen molar-refractivity contribution >= 4 is 11.8 Å². The third kappa shape index (κ3) is 1.84. The molecule has 2 aliphatic rings. The van der Waals surface area contributed by atoms with Gasteiger partial charge in [0.05, 0.1) is 5.69 Å². The van der Waals surface area contributed by atoms with Gasteiger partial charge in [-0.25, -0.2) is 4.98 Å². The lowest BCUT2D eigenvalue weighted by Crippen LogP contribution is -2.29. The van der Waals surface area contributed by atoms with Crippen molar-refractivity contribution in [2.45, 2.75) is 51.4 Å². The summed E-state index contributed by atoms with van der Waals surface area (Å²) in [5.74, 6) is 1.55. The lowest BCUT2D eigenvalue weighted by atomic mass is 9.74. The minimum absolute atomic E-state index is 0.126. The molecule has 1 aromatic heterocycles. The van der Waals surface area contributed by atoms with Crippen LogP contribution in [0.3, 0.4) is 0 Å². The smallest absolute Gasteiger partial charge is 0.227 e. The Labute approximate surface area is 109 Å². The van der Waals surface area contributed by atoms with E-state index in [-0.39, 0.29) is 5.41 Å². The van der Waals surface area contributed by atoms with Crippen molar-refractivity contribution in [2.24, 2.45) is 0 Å². The number of hydrogen-bond donors (Lipinski definition) is 1. The lowest BCUT2D eigenvalue weighted by molar-refractivity contribution is 0.426. The van der Waals surface area contributed by atoms with Crippen LogP contribution < -0.4 is 10.6 Å². The molecule has 0 atom stereocenters. The molecule has 1 saturated heterocycles. The second-order valence-electron chi connectivity index (χ2n) is 6.16. The van der Waals surface area contributed by atoms with Crippen LogP contribution in [0.15, 0.2) is 0 Å². The molecule has 2 N–H and O–H groups in total. The Kier molecular flexibility index (Phi) is 2.68. The third-order valence-corrected chi connectivity index (χ3v) is 4.28. The number of nitrogens with zero attached hydrogens (tertiary/aromatic N) is 3. The Bertz CT molecular complexity index is 461. The van der Waals surface area contributed by atoms with E-state index in [1.807, 2.05) is 0 Å². The van der Waals surface area contributed by atoms with Crippen molar-refractivity contribution in [3.05, 3.63) is 11.3 Å². The zero-order valence-corrected chi connectivity index (χ0v) is 11.4. The molecule has 18 heavy (non-hydrogen) atoms. The van der Waals surface area contributed by atoms with Crippen LogP contribution in [0.25, 0.3) is 0 Å². The molecule has 4 heteroatoms. The van der Waals surface area contributed by atoms with Gasteiger partial charge in [0, 0.05) is 18.7 Å². The van der Waals surface area contributed by atoms with E-state index < -0.39 is 0 Å². The van der Waals surface area contributed by atoms with Gasteiger partial charge in [0.2, 0.25) is 5.95 Å². The van der Waals surface area contributed by atoms with E-state index in [1.165, 1.54) is 36.9 Å². The minimum Gasteiger partial charge on any atom is -0.383 e. The van der Waals surface area contributed by atoms with Crippen LogP contribution in [0.1, 0.15) is 50.8 Å². The highest BCUT2D eigenvalue weighted by molar-refractivity contribution is 5.52. The Balaban J connectivity index is 2.04. The van der Waals surface area contributed by atoms with Gasteiger partial charge in [-0.05, 0) is 37.5 Å². The largest absolute Gasteiger partial charge is 0.383 e. The van der Waals surface area contributed by atoms with E-state index in [0.717, 1.165) is 25.5 Å². The first-order chi connectivity index (χ1) is 8.58. The van der Waals surface area contributed by atoms with Crippen molar-refractivity contribution in [1.82, 2.24) is 9.97 Å². The highest BCUT2D eigenvalue weighted by atomic mass is 15.3. The molecule has 0 unspecified atom stereocenters. The standard InChI is InChI=1S/C14H22N4/c1-14(2)7-5-6-10-11(14)12(15)17-13(16-10)18-8-3-4-9-18/h3-9H2,1-2H3,(H2,15,16,17). The van der Waals surface area contributed by atoms with Crippen LogP contribution in [0.4, 0.5) is 11.8 Å². The summed E-state index contributed by atoms with van der Waals surface area (Å²) >= 11 is 0. The molecule has 1 aliphatic heterocycles. The fourth-order valence-electron chi connectivity index (χ4n) is 3.31. The summed E-state index contributed by atoms with van der Waals surface area (Å²) < 4.78 is 0. The molecule has 0 radical (unpaired) electrons. The van der Waals surface area contributed by atoms with E-state index in [0.29, 0.717) is 5.82 Å². The number of nitrogens with two attached hydrogens (primary N) is 1. The Morgan fingerprint density at radius 2 is 1.83 bits per heavy atom. The minimum atomic E-state index is 0.126. The van der Waals surface area contributed by atoms with Gasteiger partial charge in [0.15, 0.2) is 0 Å². The van der Waals surface area contributed by atoms with Crippen LogP contribution in [-0.2, 0) is 11.8 Å². The molecule has 0 bridgehead atoms. The van der Waals surface area contributed by atoms with Crippen LogP contribution in [0, 0.1) is 0 Å². The first-order valence-corrected chi connectivity index (χ1v) is 7.00. The molecule has 2 heterocycles. The zero-order chi connectivity index (χ0) is 12.8. The summed E-state index contributed by atoms with van der Waals surface area (Å²) in [5, 5.41) is 0. The molecule has 0 spiro atoms. The molecule has 0 saturated carbocycles. The van der Waals surface area contributed by atoms with Crippen molar-refractivity contribution in [1.29, 1.82) is 0 Å². The predicted octanol–water partition coefficient (Wildman–Crippen LogP) is 2.27. The molecular formula is C14H22N4. The van der Waals surface area contributed by atoms with E-state index in [9.17, 15) is 0 Å². The monoisotopic (exact) mass is 246 g/mol. The van der Waals surface area contributed by atoms with E-state index in [1.54, 1.807) is 0 Å². The maximum atomic E-state index is 6.21. The van der Waals surface area contributed by atoms with Gasteiger partial charge in [0.1, 0.15) is 5.82 Å². The quantitative estimate of drug-likeness (QED) is 0.826. The third-order valence-electron chi connectivity index (χ3n) is 4.28. The number of fused-ring (bicyclic) bond motifs is 1. The van der Waals surface area contributed by atoms with Crippen LogP contribution in [-0.4, -0.2) is 23.1 Å². The SMILES string of the molecule is CC1(C)CCCc2nc(N3CCCC3)nc(N)c21. The highest BCUT2D eigenvalue weighted by Gasteiger charge is 2.32. The number of anilines is 2. The number of aryl methyl sites for hydroxylation is 1. The van der Waals surface area contributed by atoms with Crippen LogP contribution >= 0.6 is 0 Å². The van der Waals surface area contributed by atoms with Crippen LogP contribution in [0.5, 0.6) is 0 Å². The van der Waals surface area contributed by atoms with Gasteiger partial charge in [-0.3, -0.25) is 0 Å². The average Bonchev–Trinajstić information content (AvgIpc) is 2.80.